The van der Waals surface area contributed by atoms with Crippen LogP contribution in [0.1, 0.15) is 30.9 Å². The van der Waals surface area contributed by atoms with Gasteiger partial charge in [0, 0.05) is 6.61 Å². The second-order valence-electron chi connectivity index (χ2n) is 7.09. The van der Waals surface area contributed by atoms with Crippen LogP contribution in [0.2, 0.25) is 6.55 Å². The SMILES string of the molecule is C(C=Cc1ccccc1)=Cc1ccccc1.C1=CC[C]([Zr][C]2=CC=CC2)=C1.CCO[SiH2]C. The van der Waals surface area contributed by atoms with Crippen molar-refractivity contribution in [3.8, 4) is 0 Å². The Bertz CT molecular complexity index is 860. The Balaban J connectivity index is 0.000000196. The molecule has 0 atom stereocenters. The van der Waals surface area contributed by atoms with Gasteiger partial charge in [-0.3, -0.25) is 0 Å². The summed E-state index contributed by atoms with van der Waals surface area (Å²) in [6, 6.07) is 20.6. The van der Waals surface area contributed by atoms with Crippen molar-refractivity contribution < 1.29 is 27.7 Å². The molecule has 4 rings (SSSR count). The zero-order chi connectivity index (χ0) is 22.7. The molecule has 0 amide bonds. The molecule has 3 heteroatoms. The number of hydrogen-bond donors (Lipinski definition) is 0. The molecule has 0 unspecified atom stereocenters. The van der Waals surface area contributed by atoms with Gasteiger partial charge in [-0.05, 0) is 18.1 Å². The first-order valence-corrected chi connectivity index (χ1v) is 15.8. The average Bonchev–Trinajstić information content (AvgIpc) is 3.55. The molecule has 0 heterocycles. The molecule has 32 heavy (non-hydrogen) atoms. The van der Waals surface area contributed by atoms with Crippen molar-refractivity contribution in [2.24, 2.45) is 0 Å². The molecule has 0 saturated carbocycles. The second kappa shape index (κ2) is 17.5. The standard InChI is InChI=1S/C16H14.2C5H5.C3H10OSi.Zr/c1-3-9-15(10-4-1)13-7-8-14-16-11-5-2-6-12-16;2*1-2-4-5-3-1;1-3-4-5-2;/h1-14H;2*1-3H,4H2;3,5H2,1-2H3;. The molecule has 2 aliphatic carbocycles. The fourth-order valence-electron chi connectivity index (χ4n) is 2.95. The molecule has 2 aromatic carbocycles. The van der Waals surface area contributed by atoms with Gasteiger partial charge in [-0.25, -0.2) is 0 Å². The molecule has 2 aliphatic rings. The third kappa shape index (κ3) is 12.1. The summed E-state index contributed by atoms with van der Waals surface area (Å²) in [6.45, 7) is 5.06. The molecule has 164 valence electrons. The number of rotatable bonds is 7. The van der Waals surface area contributed by atoms with Crippen LogP contribution in [-0.4, -0.2) is 16.4 Å². The summed E-state index contributed by atoms with van der Waals surface area (Å²) in [4.78, 5) is 0. The van der Waals surface area contributed by atoms with Gasteiger partial charge in [0.25, 0.3) is 0 Å². The minimum Gasteiger partial charge on any atom is -0.425 e. The molecule has 0 bridgehead atoms. The molecular formula is C29H34OSiZr. The summed E-state index contributed by atoms with van der Waals surface area (Å²) in [6.07, 6.45) is 24.3. The first kappa shape index (κ1) is 26.2. The van der Waals surface area contributed by atoms with Gasteiger partial charge >= 0.3 is 79.1 Å². The van der Waals surface area contributed by atoms with E-state index < -0.39 is 0 Å². The molecule has 1 nitrogen and oxygen atoms in total. The largest absolute Gasteiger partial charge is 0.425 e. The van der Waals surface area contributed by atoms with E-state index in [-0.39, 0.29) is 33.0 Å². The zero-order valence-corrected chi connectivity index (χ0v) is 23.2. The van der Waals surface area contributed by atoms with Crippen molar-refractivity contribution in [1.29, 1.82) is 0 Å². The maximum atomic E-state index is 4.97. The van der Waals surface area contributed by atoms with Crippen molar-refractivity contribution in [2.45, 2.75) is 26.3 Å². The molecule has 0 aromatic heterocycles. The van der Waals surface area contributed by atoms with E-state index in [1.807, 2.05) is 43.3 Å². The summed E-state index contributed by atoms with van der Waals surface area (Å²) >= 11 is -0.312. The predicted octanol–water partition coefficient (Wildman–Crippen LogP) is 7.32. The van der Waals surface area contributed by atoms with Gasteiger partial charge < -0.3 is 4.43 Å². The molecule has 0 spiro atoms. The van der Waals surface area contributed by atoms with Gasteiger partial charge in [-0.1, -0.05) is 91.5 Å². The number of allylic oxidation sites excluding steroid dienone is 10. The van der Waals surface area contributed by atoms with Crippen molar-refractivity contribution in [1.82, 2.24) is 0 Å². The van der Waals surface area contributed by atoms with Gasteiger partial charge in [0.1, 0.15) is 0 Å². The van der Waals surface area contributed by atoms with Crippen molar-refractivity contribution in [3.05, 3.63) is 127 Å². The summed E-state index contributed by atoms with van der Waals surface area (Å²) in [5, 5.41) is 0. The van der Waals surface area contributed by atoms with Crippen LogP contribution in [0, 0.1) is 0 Å². The van der Waals surface area contributed by atoms with Crippen LogP contribution >= 0.6 is 0 Å². The fraction of sp³-hybridized carbons (Fsp3) is 0.172. The normalized spacial score (nSPS) is 14.3. The van der Waals surface area contributed by atoms with Gasteiger partial charge in [0.15, 0.2) is 9.76 Å². The maximum Gasteiger partial charge on any atom is 0.158 e. The molecule has 2 aromatic rings. The van der Waals surface area contributed by atoms with E-state index in [9.17, 15) is 0 Å². The topological polar surface area (TPSA) is 9.23 Å². The van der Waals surface area contributed by atoms with Crippen molar-refractivity contribution in [2.75, 3.05) is 6.61 Å². The van der Waals surface area contributed by atoms with Crippen molar-refractivity contribution >= 4 is 21.9 Å². The maximum absolute atomic E-state index is 4.97. The van der Waals surface area contributed by atoms with Crippen LogP contribution in [0.15, 0.2) is 116 Å². The molecule has 0 saturated heterocycles. The Morgan fingerprint density at radius 3 is 1.56 bits per heavy atom. The van der Waals surface area contributed by atoms with Crippen LogP contribution in [0.5, 0.6) is 0 Å². The van der Waals surface area contributed by atoms with E-state index in [4.69, 9.17) is 4.43 Å². The predicted molar refractivity (Wildman–Crippen MR) is 141 cm³/mol. The van der Waals surface area contributed by atoms with Crippen LogP contribution in [-0.2, 0) is 27.7 Å². The van der Waals surface area contributed by atoms with Gasteiger partial charge in [0.2, 0.25) is 0 Å². The second-order valence-corrected chi connectivity index (χ2v) is 11.9. The average molecular weight is 518 g/mol. The van der Waals surface area contributed by atoms with Crippen LogP contribution < -0.4 is 0 Å². The Labute approximate surface area is 208 Å². The number of hydrogen-bond acceptors (Lipinski definition) is 1. The molecule has 0 radical (unpaired) electrons. The van der Waals surface area contributed by atoms with E-state index in [0.717, 1.165) is 6.61 Å². The fourth-order valence-corrected chi connectivity index (χ4v) is 6.34. The van der Waals surface area contributed by atoms with Gasteiger partial charge in [-0.2, -0.15) is 0 Å². The first-order valence-electron chi connectivity index (χ1n) is 11.3. The minimum absolute atomic E-state index is 0.0860. The van der Waals surface area contributed by atoms with E-state index in [2.05, 4.69) is 91.6 Å². The Hall–Kier alpha value is -2.06. The van der Waals surface area contributed by atoms with E-state index in [1.54, 1.807) is 6.56 Å². The van der Waals surface area contributed by atoms with E-state index in [0.29, 0.717) is 0 Å². The monoisotopic (exact) mass is 516 g/mol. The Morgan fingerprint density at radius 1 is 0.781 bits per heavy atom. The number of benzene rings is 2. The summed E-state index contributed by atoms with van der Waals surface area (Å²) in [7, 11) is -0.0860. The molecule has 0 aliphatic heterocycles. The third-order valence-electron chi connectivity index (χ3n) is 4.56. The summed E-state index contributed by atoms with van der Waals surface area (Å²) < 4.78 is 8.42. The first-order chi connectivity index (χ1) is 15.8. The van der Waals surface area contributed by atoms with Gasteiger partial charge in [0.05, 0.1) is 0 Å². The Kier molecular flexibility index (Phi) is 14.3. The molecular weight excluding hydrogens is 484 g/mol. The smallest absolute Gasteiger partial charge is 0.158 e. The third-order valence-corrected chi connectivity index (χ3v) is 8.78. The van der Waals surface area contributed by atoms with E-state index in [1.165, 1.54) is 24.0 Å². The summed E-state index contributed by atoms with van der Waals surface area (Å²) in [5.74, 6) is 0. The quantitative estimate of drug-likeness (QED) is 0.276. The van der Waals surface area contributed by atoms with Crippen LogP contribution in [0.3, 0.4) is 0 Å². The molecule has 0 N–H and O–H groups in total. The van der Waals surface area contributed by atoms with E-state index >= 15 is 0 Å². The minimum atomic E-state index is -0.312. The van der Waals surface area contributed by atoms with Crippen molar-refractivity contribution in [3.63, 3.8) is 0 Å². The van der Waals surface area contributed by atoms with Crippen LogP contribution in [0.25, 0.3) is 12.2 Å². The molecule has 0 fully saturated rings. The van der Waals surface area contributed by atoms with Crippen LogP contribution in [0.4, 0.5) is 0 Å². The van der Waals surface area contributed by atoms with Gasteiger partial charge in [-0.15, -0.1) is 0 Å². The Morgan fingerprint density at radius 2 is 1.25 bits per heavy atom. The zero-order valence-electron chi connectivity index (χ0n) is 19.3. The summed E-state index contributed by atoms with van der Waals surface area (Å²) in [5.41, 5.74) is 2.44.